The molecule has 0 aromatic heterocycles. The maximum Gasteiger partial charge on any atom is 0.335 e. The summed E-state index contributed by atoms with van der Waals surface area (Å²) in [5, 5.41) is 25.4. The molecule has 7 nitrogen and oxygen atoms in total. The third kappa shape index (κ3) is 7.23. The number of carbonyl (C=O) groups is 1. The lowest BCUT2D eigenvalue weighted by Crippen LogP contribution is -2.38. The van der Waals surface area contributed by atoms with E-state index in [-0.39, 0.29) is 18.3 Å². The molecule has 2 aromatic rings. The Balaban J connectivity index is 1.46. The van der Waals surface area contributed by atoms with E-state index in [2.05, 4.69) is 23.3 Å². The van der Waals surface area contributed by atoms with Crippen molar-refractivity contribution in [2.75, 3.05) is 26.7 Å². The van der Waals surface area contributed by atoms with Gasteiger partial charge in [0.05, 0.1) is 5.56 Å². The highest BCUT2D eigenvalue weighted by Gasteiger charge is 2.20. The van der Waals surface area contributed by atoms with Crippen molar-refractivity contribution in [2.24, 2.45) is 0 Å². The van der Waals surface area contributed by atoms with Crippen LogP contribution in [0.15, 0.2) is 79.2 Å². The Morgan fingerprint density at radius 1 is 1.26 bits per heavy atom. The van der Waals surface area contributed by atoms with Crippen LogP contribution in [0.25, 0.3) is 11.1 Å². The number of aromatic carboxylic acids is 1. The molecule has 34 heavy (non-hydrogen) atoms. The molecule has 0 amide bonds. The first-order valence-electron chi connectivity index (χ1n) is 11.3. The summed E-state index contributed by atoms with van der Waals surface area (Å²) < 4.78 is 11.8. The van der Waals surface area contributed by atoms with Crippen molar-refractivity contribution in [2.45, 2.75) is 25.0 Å². The summed E-state index contributed by atoms with van der Waals surface area (Å²) >= 11 is 0. The molecule has 4 N–H and O–H groups in total. The van der Waals surface area contributed by atoms with E-state index < -0.39 is 12.1 Å². The largest absolute Gasteiger partial charge is 0.491 e. The molecule has 180 valence electrons. The Morgan fingerprint density at radius 3 is 2.74 bits per heavy atom. The van der Waals surface area contributed by atoms with Gasteiger partial charge in [0.25, 0.3) is 0 Å². The second kappa shape index (κ2) is 12.6. The lowest BCUT2D eigenvalue weighted by atomic mass is 9.96. The zero-order chi connectivity index (χ0) is 24.3. The van der Waals surface area contributed by atoms with Crippen LogP contribution in [0.5, 0.6) is 5.75 Å². The number of fused-ring (bicyclic) bond motifs is 1. The fraction of sp³-hybridized carbons (Fsp3) is 0.296. The molecule has 0 bridgehead atoms. The molecule has 2 unspecified atom stereocenters. The number of carboxylic acid groups (broad SMARTS) is 1. The average molecular weight is 465 g/mol. The maximum absolute atomic E-state index is 11.0. The number of aliphatic hydroxyl groups is 1. The monoisotopic (exact) mass is 464 g/mol. The zero-order valence-electron chi connectivity index (χ0n) is 19.4. The number of allylic oxidation sites excluding steroid dienone is 3. The zero-order valence-corrected chi connectivity index (χ0v) is 19.4. The molecular formula is C27H32N2O5. The van der Waals surface area contributed by atoms with Crippen LogP contribution in [-0.2, 0) is 11.2 Å². The fourth-order valence-electron chi connectivity index (χ4n) is 3.67. The first-order valence-corrected chi connectivity index (χ1v) is 11.3. The summed E-state index contributed by atoms with van der Waals surface area (Å²) in [6.45, 7) is 4.86. The van der Waals surface area contributed by atoms with Crippen molar-refractivity contribution in [3.63, 3.8) is 0 Å². The van der Waals surface area contributed by atoms with E-state index in [1.807, 2.05) is 24.3 Å². The molecule has 0 aliphatic carbocycles. The first-order chi connectivity index (χ1) is 16.5. The Kier molecular flexibility index (Phi) is 9.31. The minimum Gasteiger partial charge on any atom is -0.491 e. The van der Waals surface area contributed by atoms with Crippen molar-refractivity contribution in [1.29, 1.82) is 0 Å². The molecule has 2 atom stereocenters. The first kappa shape index (κ1) is 25.1. The van der Waals surface area contributed by atoms with E-state index in [1.54, 1.807) is 43.6 Å². The minimum atomic E-state index is -0.930. The summed E-state index contributed by atoms with van der Waals surface area (Å²) in [7, 11) is 1.80. The highest BCUT2D eigenvalue weighted by molar-refractivity contribution is 5.88. The van der Waals surface area contributed by atoms with E-state index in [0.29, 0.717) is 18.8 Å². The molecule has 0 saturated heterocycles. The molecule has 2 aromatic carbocycles. The van der Waals surface area contributed by atoms with Crippen molar-refractivity contribution < 1.29 is 24.5 Å². The highest BCUT2D eigenvalue weighted by atomic mass is 16.5. The number of rotatable bonds is 12. The molecule has 1 heterocycles. The fourth-order valence-corrected chi connectivity index (χ4v) is 3.67. The summed E-state index contributed by atoms with van der Waals surface area (Å²) in [4.78, 5) is 11.0. The van der Waals surface area contributed by atoms with E-state index in [0.717, 1.165) is 35.3 Å². The van der Waals surface area contributed by atoms with Crippen LogP contribution < -0.4 is 15.4 Å². The van der Waals surface area contributed by atoms with Gasteiger partial charge in [-0.25, -0.2) is 4.79 Å². The van der Waals surface area contributed by atoms with Gasteiger partial charge in [0.2, 0.25) is 0 Å². The van der Waals surface area contributed by atoms with E-state index in [1.165, 1.54) is 0 Å². The third-order valence-corrected chi connectivity index (χ3v) is 5.45. The molecular weight excluding hydrogens is 432 g/mol. The summed E-state index contributed by atoms with van der Waals surface area (Å²) in [6.07, 6.45) is 8.02. The van der Waals surface area contributed by atoms with Gasteiger partial charge in [-0.05, 0) is 72.1 Å². The number of benzene rings is 2. The standard InChI is InChI=1S/C27H32N2O5/c1-3-4-24(13-14-28-2)33-18-23(30)16-29-17-25-11-9-22-15-21(10-12-26(22)34-25)19-5-7-20(8-6-19)27(31)32/h3-8,10,12-15,23,25,28-30H,1,9,11,16-18H2,2H3,(H,31,32)/b14-13-,24-4+. The van der Waals surface area contributed by atoms with Crippen LogP contribution in [0.4, 0.5) is 0 Å². The Bertz CT molecular complexity index is 1030. The smallest absolute Gasteiger partial charge is 0.335 e. The molecule has 1 aliphatic rings. The molecule has 0 fully saturated rings. The van der Waals surface area contributed by atoms with Crippen molar-refractivity contribution in [3.8, 4) is 16.9 Å². The van der Waals surface area contributed by atoms with Gasteiger partial charge in [0.15, 0.2) is 0 Å². The molecule has 0 saturated carbocycles. The van der Waals surface area contributed by atoms with Crippen molar-refractivity contribution >= 4 is 5.97 Å². The van der Waals surface area contributed by atoms with Crippen molar-refractivity contribution in [3.05, 3.63) is 90.4 Å². The van der Waals surface area contributed by atoms with Gasteiger partial charge in [-0.3, -0.25) is 0 Å². The van der Waals surface area contributed by atoms with Gasteiger partial charge in [-0.2, -0.15) is 0 Å². The predicted octanol–water partition coefficient (Wildman–Crippen LogP) is 3.52. The van der Waals surface area contributed by atoms with E-state index in [9.17, 15) is 9.90 Å². The van der Waals surface area contributed by atoms with Gasteiger partial charge < -0.3 is 30.3 Å². The number of aryl methyl sites for hydroxylation is 1. The predicted molar refractivity (Wildman–Crippen MR) is 133 cm³/mol. The number of aliphatic hydroxyl groups excluding tert-OH is 1. The summed E-state index contributed by atoms with van der Waals surface area (Å²) in [5.41, 5.74) is 3.42. The molecule has 0 spiro atoms. The van der Waals surface area contributed by atoms with Gasteiger partial charge in [-0.15, -0.1) is 0 Å². The lowest BCUT2D eigenvalue weighted by molar-refractivity contribution is 0.0696. The van der Waals surface area contributed by atoms with Crippen LogP contribution in [0.2, 0.25) is 0 Å². The van der Waals surface area contributed by atoms with Gasteiger partial charge >= 0.3 is 5.97 Å². The maximum atomic E-state index is 11.0. The number of carboxylic acids is 1. The second-order valence-electron chi connectivity index (χ2n) is 8.03. The summed E-state index contributed by atoms with van der Waals surface area (Å²) in [5.74, 6) is 0.553. The third-order valence-electron chi connectivity index (χ3n) is 5.45. The molecule has 7 heteroatoms. The lowest BCUT2D eigenvalue weighted by Gasteiger charge is -2.27. The highest BCUT2D eigenvalue weighted by Crippen LogP contribution is 2.32. The van der Waals surface area contributed by atoms with Crippen LogP contribution in [0.3, 0.4) is 0 Å². The van der Waals surface area contributed by atoms with Crippen molar-refractivity contribution in [1.82, 2.24) is 10.6 Å². The average Bonchev–Trinajstić information content (AvgIpc) is 2.85. The van der Waals surface area contributed by atoms with Gasteiger partial charge in [0, 0.05) is 20.1 Å². The topological polar surface area (TPSA) is 100 Å². The second-order valence-corrected chi connectivity index (χ2v) is 8.03. The minimum absolute atomic E-state index is 0.0242. The Labute approximate surface area is 200 Å². The molecule has 3 rings (SSSR count). The van der Waals surface area contributed by atoms with Gasteiger partial charge in [0.1, 0.15) is 30.3 Å². The number of hydrogen-bond donors (Lipinski definition) is 4. The normalized spacial score (nSPS) is 16.4. The van der Waals surface area contributed by atoms with E-state index in [4.69, 9.17) is 14.6 Å². The SMILES string of the molecule is C=C/C=C(\C=C/NC)OCC(O)CNCC1CCc2cc(-c3ccc(C(=O)O)cc3)ccc2O1. The number of nitrogens with one attached hydrogen (secondary N) is 2. The number of hydrogen-bond acceptors (Lipinski definition) is 6. The Morgan fingerprint density at radius 2 is 2.03 bits per heavy atom. The number of ether oxygens (including phenoxy) is 2. The molecule has 0 radical (unpaired) electrons. The quantitative estimate of drug-likeness (QED) is 0.282. The van der Waals surface area contributed by atoms with Crippen LogP contribution in [0.1, 0.15) is 22.3 Å². The van der Waals surface area contributed by atoms with E-state index >= 15 is 0 Å². The van der Waals surface area contributed by atoms with Gasteiger partial charge in [-0.1, -0.05) is 30.9 Å². The van der Waals surface area contributed by atoms with Crippen LogP contribution in [-0.4, -0.2) is 55.1 Å². The van der Waals surface area contributed by atoms with Crippen LogP contribution in [0, 0.1) is 0 Å². The molecule has 1 aliphatic heterocycles. The summed E-state index contributed by atoms with van der Waals surface area (Å²) in [6, 6.07) is 12.9. The Hall–Kier alpha value is -3.55. The van der Waals surface area contributed by atoms with Crippen LogP contribution >= 0.6 is 0 Å².